The Morgan fingerprint density at radius 2 is 2.23 bits per heavy atom. The number of anilines is 2. The molecular weight excluding hydrogens is 375 g/mol. The quantitative estimate of drug-likeness (QED) is 0.164. The average molecular weight is 391 g/mol. The molecule has 4 N–H and O–H groups in total. The Morgan fingerprint density at radius 3 is 2.88 bits per heavy atom. The van der Waals surface area contributed by atoms with E-state index in [1.807, 2.05) is 0 Å². The lowest BCUT2D eigenvalue weighted by Crippen LogP contribution is -2.36. The van der Waals surface area contributed by atoms with Crippen LogP contribution in [-0.2, 0) is 9.53 Å². The smallest absolute Gasteiger partial charge is 0.414 e. The van der Waals surface area contributed by atoms with Gasteiger partial charge in [0.25, 0.3) is 6.43 Å². The number of amides is 2. The molecule has 0 saturated carbocycles. The minimum Gasteiger partial charge on any atom is -0.442 e. The summed E-state index contributed by atoms with van der Waals surface area (Å²) in [6.07, 6.45) is -3.77. The second-order valence-electron chi connectivity index (χ2n) is 5.12. The predicted molar refractivity (Wildman–Crippen MR) is 91.4 cm³/mol. The summed E-state index contributed by atoms with van der Waals surface area (Å²) in [6.45, 7) is 0.0796. The fourth-order valence-electron chi connectivity index (χ4n) is 2.18. The molecule has 0 spiro atoms. The number of benzene rings is 1. The van der Waals surface area contributed by atoms with Crippen LogP contribution in [-0.4, -0.2) is 49.8 Å². The van der Waals surface area contributed by atoms with Gasteiger partial charge in [-0.25, -0.2) is 23.4 Å². The number of carbonyl (C=O) groups is 2. The Morgan fingerprint density at radius 1 is 1.46 bits per heavy atom. The van der Waals surface area contributed by atoms with Crippen molar-refractivity contribution in [3.8, 4) is 0 Å². The maximum Gasteiger partial charge on any atom is 0.414 e. The summed E-state index contributed by atoms with van der Waals surface area (Å²) in [5.41, 5.74) is 5.07. The number of nitrogens with one attached hydrogen (secondary N) is 4. The van der Waals surface area contributed by atoms with E-state index >= 15 is 0 Å². The van der Waals surface area contributed by atoms with E-state index in [1.165, 1.54) is 17.0 Å². The van der Waals surface area contributed by atoms with Crippen LogP contribution in [0.5, 0.6) is 0 Å². The molecule has 2 amide bonds. The van der Waals surface area contributed by atoms with Crippen LogP contribution in [0, 0.1) is 5.82 Å². The zero-order valence-electron chi connectivity index (χ0n) is 13.3. The molecule has 0 aliphatic carbocycles. The van der Waals surface area contributed by atoms with Crippen LogP contribution in [0.2, 0.25) is 0 Å². The largest absolute Gasteiger partial charge is 0.442 e. The Hall–Kier alpha value is -2.60. The van der Waals surface area contributed by atoms with Gasteiger partial charge in [0.15, 0.2) is 0 Å². The third-order valence-corrected chi connectivity index (χ3v) is 3.69. The van der Waals surface area contributed by atoms with E-state index in [9.17, 15) is 22.8 Å². The number of carbonyl (C=O) groups excluding carboxylic acids is 2. The zero-order chi connectivity index (χ0) is 19.1. The maximum atomic E-state index is 14.1. The molecule has 1 saturated heterocycles. The predicted octanol–water partition coefficient (Wildman–Crippen LogP) is 0.953. The van der Waals surface area contributed by atoms with Gasteiger partial charge in [0.05, 0.1) is 31.1 Å². The molecule has 0 aromatic heterocycles. The van der Waals surface area contributed by atoms with Gasteiger partial charge in [0.2, 0.25) is 6.41 Å². The van der Waals surface area contributed by atoms with Crippen molar-refractivity contribution in [1.82, 2.24) is 16.2 Å². The second kappa shape index (κ2) is 9.20. The van der Waals surface area contributed by atoms with E-state index in [1.54, 1.807) is 0 Å². The topological polar surface area (TPSA) is 94.7 Å². The van der Waals surface area contributed by atoms with Gasteiger partial charge in [-0.05, 0) is 18.2 Å². The summed E-state index contributed by atoms with van der Waals surface area (Å²) in [5.74, 6) is -0.622. The molecule has 1 aliphatic rings. The summed E-state index contributed by atoms with van der Waals surface area (Å²) < 4.78 is 43.8. The van der Waals surface area contributed by atoms with Gasteiger partial charge < -0.3 is 15.4 Å². The highest BCUT2D eigenvalue weighted by Gasteiger charge is 2.33. The van der Waals surface area contributed by atoms with Crippen LogP contribution in [0.4, 0.5) is 29.3 Å². The average Bonchev–Trinajstić information content (AvgIpc) is 2.98. The summed E-state index contributed by atoms with van der Waals surface area (Å²) in [5, 5.41) is 5.02. The third kappa shape index (κ3) is 5.20. The molecule has 1 aliphatic heterocycles. The number of hydrazine groups is 1. The summed E-state index contributed by atoms with van der Waals surface area (Å²) in [4.78, 5) is 22.6. The van der Waals surface area contributed by atoms with E-state index in [-0.39, 0.29) is 31.1 Å². The highest BCUT2D eigenvalue weighted by molar-refractivity contribution is 7.80. The summed E-state index contributed by atoms with van der Waals surface area (Å²) >= 11 is 4.45. The molecule has 1 atom stereocenters. The highest BCUT2D eigenvalue weighted by atomic mass is 32.1. The lowest BCUT2D eigenvalue weighted by atomic mass is 10.2. The maximum absolute atomic E-state index is 14.1. The molecule has 2 rings (SSSR count). The van der Waals surface area contributed by atoms with Crippen LogP contribution in [0.3, 0.4) is 0 Å². The standard InChI is InChI=1S/C14H16F3N5O3S/c15-10-3-8(1-2-11(10)19-6-20-21-7-23)22-5-9(25-14(22)24)4-18-13(26)12(16)17/h1-3,7,9,12,19-20H,4-6H2,(H,18,26)(H,21,23)/t9-/m0/s1. The first-order valence-corrected chi connectivity index (χ1v) is 7.82. The van der Waals surface area contributed by atoms with Gasteiger partial charge in [0.1, 0.15) is 16.9 Å². The molecule has 8 nitrogen and oxygen atoms in total. The molecule has 1 aromatic rings. The third-order valence-electron chi connectivity index (χ3n) is 3.37. The second-order valence-corrected chi connectivity index (χ2v) is 5.56. The zero-order valence-corrected chi connectivity index (χ0v) is 14.1. The van der Waals surface area contributed by atoms with Crippen LogP contribution >= 0.6 is 12.2 Å². The van der Waals surface area contributed by atoms with E-state index < -0.39 is 29.4 Å². The van der Waals surface area contributed by atoms with Crippen LogP contribution < -0.4 is 26.4 Å². The van der Waals surface area contributed by atoms with Gasteiger partial charge in [0, 0.05) is 0 Å². The first-order chi connectivity index (χ1) is 12.4. The van der Waals surface area contributed by atoms with Crippen molar-refractivity contribution in [2.24, 2.45) is 0 Å². The Balaban J connectivity index is 1.93. The molecule has 12 heteroatoms. The van der Waals surface area contributed by atoms with Crippen molar-refractivity contribution >= 4 is 41.1 Å². The number of thiocarbonyl (C=S) groups is 1. The van der Waals surface area contributed by atoms with Gasteiger partial charge in [-0.15, -0.1) is 0 Å². The highest BCUT2D eigenvalue weighted by Crippen LogP contribution is 2.25. The molecule has 0 bridgehead atoms. The Bertz CT molecular complexity index is 679. The molecule has 26 heavy (non-hydrogen) atoms. The molecular formula is C14H16F3N5O3S. The normalized spacial score (nSPS) is 16.4. The molecule has 1 heterocycles. The van der Waals surface area contributed by atoms with Crippen molar-refractivity contribution < 1.29 is 27.5 Å². The lowest BCUT2D eigenvalue weighted by molar-refractivity contribution is -0.110. The van der Waals surface area contributed by atoms with Crippen LogP contribution in [0.1, 0.15) is 0 Å². The van der Waals surface area contributed by atoms with Gasteiger partial charge >= 0.3 is 6.09 Å². The van der Waals surface area contributed by atoms with E-state index in [0.717, 1.165) is 6.07 Å². The van der Waals surface area contributed by atoms with E-state index in [2.05, 4.69) is 33.7 Å². The number of halogens is 3. The van der Waals surface area contributed by atoms with Gasteiger partial charge in [-0.3, -0.25) is 15.1 Å². The number of nitrogens with zero attached hydrogens (tertiary/aromatic N) is 1. The number of hydrogen-bond acceptors (Lipinski definition) is 6. The SMILES string of the molecule is O=CNNCNc1ccc(N2C[C@H](CNC(=S)C(F)F)OC2=O)cc1F. The fraction of sp³-hybridized carbons (Fsp3) is 0.357. The first-order valence-electron chi connectivity index (χ1n) is 7.42. The minimum absolute atomic E-state index is 0.0642. The molecule has 142 valence electrons. The fourth-order valence-corrected chi connectivity index (χ4v) is 2.26. The summed E-state index contributed by atoms with van der Waals surface area (Å²) in [7, 11) is 0. The Kier molecular flexibility index (Phi) is 6.97. The molecule has 0 radical (unpaired) electrons. The minimum atomic E-state index is -2.79. The molecule has 0 unspecified atom stereocenters. The van der Waals surface area contributed by atoms with E-state index in [0.29, 0.717) is 6.41 Å². The van der Waals surface area contributed by atoms with Crippen molar-refractivity contribution in [1.29, 1.82) is 0 Å². The summed E-state index contributed by atoms with van der Waals surface area (Å²) in [6, 6.07) is 4.05. The number of ether oxygens (including phenoxy) is 1. The molecule has 1 fully saturated rings. The van der Waals surface area contributed by atoms with Crippen LogP contribution in [0.15, 0.2) is 18.2 Å². The number of hydrogen-bond donors (Lipinski definition) is 4. The first kappa shape index (κ1) is 19.7. The monoisotopic (exact) mass is 391 g/mol. The van der Waals surface area contributed by atoms with Crippen molar-refractivity contribution in [2.75, 3.05) is 30.0 Å². The number of rotatable bonds is 9. The van der Waals surface area contributed by atoms with Crippen molar-refractivity contribution in [3.63, 3.8) is 0 Å². The van der Waals surface area contributed by atoms with Gasteiger partial charge in [-0.2, -0.15) is 0 Å². The number of cyclic esters (lactones) is 1. The van der Waals surface area contributed by atoms with Crippen molar-refractivity contribution in [3.05, 3.63) is 24.0 Å². The lowest BCUT2D eigenvalue weighted by Gasteiger charge is -2.15. The Labute approximate surface area is 152 Å². The van der Waals surface area contributed by atoms with Crippen molar-refractivity contribution in [2.45, 2.75) is 12.5 Å². The van der Waals surface area contributed by atoms with E-state index in [4.69, 9.17) is 4.74 Å². The van der Waals surface area contributed by atoms with Crippen LogP contribution in [0.25, 0.3) is 0 Å². The molecule has 1 aromatic carbocycles. The number of alkyl halides is 2. The van der Waals surface area contributed by atoms with Gasteiger partial charge in [-0.1, -0.05) is 12.2 Å².